The number of carbonyl (C=O) groups is 1. The van der Waals surface area contributed by atoms with E-state index >= 15 is 0 Å². The van der Waals surface area contributed by atoms with Crippen molar-refractivity contribution in [2.75, 3.05) is 26.9 Å². The van der Waals surface area contributed by atoms with Gasteiger partial charge < -0.3 is 18.9 Å². The van der Waals surface area contributed by atoms with E-state index in [4.69, 9.17) is 14.2 Å². The van der Waals surface area contributed by atoms with Crippen LogP contribution in [0.4, 0.5) is 4.39 Å². The molecule has 0 saturated carbocycles. The molecule has 20 heavy (non-hydrogen) atoms. The van der Waals surface area contributed by atoms with Gasteiger partial charge in [-0.3, -0.25) is 0 Å². The number of hydrogen-bond donors (Lipinski definition) is 0. The van der Waals surface area contributed by atoms with Crippen LogP contribution in [0.1, 0.15) is 24.2 Å². The Bertz CT molecular complexity index is 430. The number of halogens is 1. The van der Waals surface area contributed by atoms with Crippen molar-refractivity contribution in [2.45, 2.75) is 20.1 Å². The molecule has 5 nitrogen and oxygen atoms in total. The number of benzene rings is 1. The summed E-state index contributed by atoms with van der Waals surface area (Å²) in [4.78, 5) is 11.6. The Morgan fingerprint density at radius 2 is 1.90 bits per heavy atom. The average Bonchev–Trinajstić information content (AvgIpc) is 2.44. The molecule has 0 fully saturated rings. The van der Waals surface area contributed by atoms with Crippen molar-refractivity contribution in [3.8, 4) is 5.75 Å². The fourth-order valence-corrected chi connectivity index (χ4v) is 1.57. The first-order valence-electron chi connectivity index (χ1n) is 6.36. The Balaban J connectivity index is 2.79. The summed E-state index contributed by atoms with van der Waals surface area (Å²) in [6, 6.07) is 3.61. The monoisotopic (exact) mass is 286 g/mol. The maximum absolute atomic E-state index is 13.2. The highest BCUT2D eigenvalue weighted by atomic mass is 19.1. The second-order valence-electron chi connectivity index (χ2n) is 3.78. The number of carbonyl (C=O) groups excluding carboxylic acids is 1. The van der Waals surface area contributed by atoms with Crippen molar-refractivity contribution in [2.24, 2.45) is 0 Å². The van der Waals surface area contributed by atoms with Crippen LogP contribution < -0.4 is 4.74 Å². The summed E-state index contributed by atoms with van der Waals surface area (Å²) in [7, 11) is 1.25. The van der Waals surface area contributed by atoms with Gasteiger partial charge in [-0.15, -0.1) is 0 Å². The molecule has 112 valence electrons. The van der Waals surface area contributed by atoms with Gasteiger partial charge in [-0.2, -0.15) is 0 Å². The van der Waals surface area contributed by atoms with Gasteiger partial charge in [-0.25, -0.2) is 9.18 Å². The molecule has 0 unspecified atom stereocenters. The number of rotatable bonds is 8. The minimum absolute atomic E-state index is 0.0507. The summed E-state index contributed by atoms with van der Waals surface area (Å²) in [5.41, 5.74) is 0.153. The Morgan fingerprint density at radius 1 is 1.25 bits per heavy atom. The van der Waals surface area contributed by atoms with Crippen molar-refractivity contribution in [1.82, 2.24) is 0 Å². The molecule has 6 heteroatoms. The van der Waals surface area contributed by atoms with E-state index in [2.05, 4.69) is 4.74 Å². The first-order valence-corrected chi connectivity index (χ1v) is 6.36. The van der Waals surface area contributed by atoms with Gasteiger partial charge in [0.15, 0.2) is 6.29 Å². The molecule has 0 radical (unpaired) electrons. The minimum Gasteiger partial charge on any atom is -0.487 e. The van der Waals surface area contributed by atoms with E-state index in [9.17, 15) is 9.18 Å². The molecule has 0 amide bonds. The summed E-state index contributed by atoms with van der Waals surface area (Å²) in [5, 5.41) is 0. The molecule has 0 aliphatic rings. The standard InChI is InChI=1S/C14H19FO5/c1-4-18-13(19-5-2)9-20-12-8-10(15)6-7-11(12)14(16)17-3/h6-8,13H,4-5,9H2,1-3H3. The fourth-order valence-electron chi connectivity index (χ4n) is 1.57. The first kappa shape index (κ1) is 16.4. The van der Waals surface area contributed by atoms with Crippen LogP contribution >= 0.6 is 0 Å². The zero-order valence-electron chi connectivity index (χ0n) is 11.8. The number of esters is 1. The lowest BCUT2D eigenvalue weighted by atomic mass is 10.2. The Kier molecular flexibility index (Phi) is 6.97. The fraction of sp³-hybridized carbons (Fsp3) is 0.500. The number of methoxy groups -OCH3 is 1. The lowest BCUT2D eigenvalue weighted by Gasteiger charge is -2.18. The third-order valence-corrected chi connectivity index (χ3v) is 2.43. The van der Waals surface area contributed by atoms with Crippen LogP contribution in [0.5, 0.6) is 5.75 Å². The Morgan fingerprint density at radius 3 is 2.45 bits per heavy atom. The molecule has 0 atom stereocenters. The Hall–Kier alpha value is -1.66. The van der Waals surface area contributed by atoms with E-state index in [1.807, 2.05) is 13.8 Å². The summed E-state index contributed by atoms with van der Waals surface area (Å²) in [6.45, 7) is 4.62. The van der Waals surface area contributed by atoms with Crippen LogP contribution in [0.15, 0.2) is 18.2 Å². The molecular weight excluding hydrogens is 267 g/mol. The van der Waals surface area contributed by atoms with E-state index in [1.165, 1.54) is 19.2 Å². The molecule has 0 aliphatic heterocycles. The van der Waals surface area contributed by atoms with Crippen molar-refractivity contribution >= 4 is 5.97 Å². The molecule has 0 aliphatic carbocycles. The normalized spacial score (nSPS) is 10.7. The van der Waals surface area contributed by atoms with Crippen molar-refractivity contribution in [3.63, 3.8) is 0 Å². The second-order valence-corrected chi connectivity index (χ2v) is 3.78. The lowest BCUT2D eigenvalue weighted by molar-refractivity contribution is -0.152. The predicted octanol–water partition coefficient (Wildman–Crippen LogP) is 2.39. The van der Waals surface area contributed by atoms with Gasteiger partial charge in [0, 0.05) is 19.3 Å². The van der Waals surface area contributed by atoms with E-state index in [0.29, 0.717) is 13.2 Å². The molecule has 1 aromatic carbocycles. The van der Waals surface area contributed by atoms with E-state index in [1.54, 1.807) is 0 Å². The predicted molar refractivity (Wildman–Crippen MR) is 70.3 cm³/mol. The van der Waals surface area contributed by atoms with Crippen LogP contribution in [-0.2, 0) is 14.2 Å². The van der Waals surface area contributed by atoms with Gasteiger partial charge in [-0.1, -0.05) is 0 Å². The molecule has 0 N–H and O–H groups in total. The first-order chi connectivity index (χ1) is 9.62. The highest BCUT2D eigenvalue weighted by Gasteiger charge is 2.16. The van der Waals surface area contributed by atoms with E-state index in [-0.39, 0.29) is 17.9 Å². The highest BCUT2D eigenvalue weighted by molar-refractivity contribution is 5.92. The quantitative estimate of drug-likeness (QED) is 0.542. The van der Waals surface area contributed by atoms with Gasteiger partial charge in [0.05, 0.1) is 7.11 Å². The Labute approximate surface area is 117 Å². The summed E-state index contributed by atoms with van der Waals surface area (Å²) in [6.07, 6.45) is -0.571. The van der Waals surface area contributed by atoms with Crippen LogP contribution in [0.3, 0.4) is 0 Å². The third kappa shape index (κ3) is 4.79. The van der Waals surface area contributed by atoms with Gasteiger partial charge in [0.25, 0.3) is 0 Å². The molecule has 0 spiro atoms. The second kappa shape index (κ2) is 8.50. The topological polar surface area (TPSA) is 54.0 Å². The summed E-state index contributed by atoms with van der Waals surface area (Å²) >= 11 is 0. The summed E-state index contributed by atoms with van der Waals surface area (Å²) < 4.78 is 33.9. The molecule has 0 aromatic heterocycles. The number of ether oxygens (including phenoxy) is 4. The molecule has 0 saturated heterocycles. The van der Waals surface area contributed by atoms with Gasteiger partial charge in [0.1, 0.15) is 23.7 Å². The van der Waals surface area contributed by atoms with Gasteiger partial charge >= 0.3 is 5.97 Å². The van der Waals surface area contributed by atoms with Crippen molar-refractivity contribution < 1.29 is 28.1 Å². The van der Waals surface area contributed by atoms with Crippen molar-refractivity contribution in [3.05, 3.63) is 29.6 Å². The smallest absolute Gasteiger partial charge is 0.341 e. The zero-order chi connectivity index (χ0) is 15.0. The molecule has 1 rings (SSSR count). The van der Waals surface area contributed by atoms with Crippen LogP contribution in [-0.4, -0.2) is 39.2 Å². The van der Waals surface area contributed by atoms with E-state index < -0.39 is 18.1 Å². The molecule has 0 heterocycles. The minimum atomic E-state index is -0.593. The maximum atomic E-state index is 13.2. The summed E-state index contributed by atoms with van der Waals surface area (Å²) in [5.74, 6) is -0.998. The van der Waals surface area contributed by atoms with Crippen molar-refractivity contribution in [1.29, 1.82) is 0 Å². The zero-order valence-corrected chi connectivity index (χ0v) is 11.8. The third-order valence-electron chi connectivity index (χ3n) is 2.43. The largest absolute Gasteiger partial charge is 0.487 e. The van der Waals surface area contributed by atoms with Crippen LogP contribution in [0.25, 0.3) is 0 Å². The SMILES string of the molecule is CCOC(COc1cc(F)ccc1C(=O)OC)OCC. The van der Waals surface area contributed by atoms with Crippen LogP contribution in [0.2, 0.25) is 0 Å². The molecule has 0 bridgehead atoms. The van der Waals surface area contributed by atoms with Gasteiger partial charge in [-0.05, 0) is 26.0 Å². The lowest BCUT2D eigenvalue weighted by Crippen LogP contribution is -2.25. The van der Waals surface area contributed by atoms with E-state index in [0.717, 1.165) is 6.07 Å². The number of hydrogen-bond acceptors (Lipinski definition) is 5. The highest BCUT2D eigenvalue weighted by Crippen LogP contribution is 2.21. The maximum Gasteiger partial charge on any atom is 0.341 e. The van der Waals surface area contributed by atoms with Gasteiger partial charge in [0.2, 0.25) is 0 Å². The van der Waals surface area contributed by atoms with Crippen LogP contribution in [0, 0.1) is 5.82 Å². The average molecular weight is 286 g/mol. The molecule has 1 aromatic rings. The molecular formula is C14H19FO5.